The fraction of sp³-hybridized carbons (Fsp3) is 0.417. The molecule has 0 aliphatic carbocycles. The van der Waals surface area contributed by atoms with E-state index in [2.05, 4.69) is 21.2 Å². The molecule has 1 rings (SSSR count). The summed E-state index contributed by atoms with van der Waals surface area (Å²) in [6, 6.07) is 4.42. The summed E-state index contributed by atoms with van der Waals surface area (Å²) in [5, 5.41) is 2.82. The van der Waals surface area contributed by atoms with Gasteiger partial charge in [0.25, 0.3) is 5.91 Å². The highest BCUT2D eigenvalue weighted by Gasteiger charge is 2.13. The van der Waals surface area contributed by atoms with Gasteiger partial charge in [0.1, 0.15) is 5.82 Å². The van der Waals surface area contributed by atoms with Crippen LogP contribution in [0.4, 0.5) is 4.39 Å². The summed E-state index contributed by atoms with van der Waals surface area (Å²) >= 11 is 3.05. The van der Waals surface area contributed by atoms with Crippen LogP contribution in [0.15, 0.2) is 22.7 Å². The first-order valence-corrected chi connectivity index (χ1v) is 5.97. The van der Waals surface area contributed by atoms with E-state index in [1.165, 1.54) is 12.1 Å². The molecule has 4 heteroatoms. The van der Waals surface area contributed by atoms with E-state index in [0.717, 1.165) is 0 Å². The van der Waals surface area contributed by atoms with Gasteiger partial charge in [-0.15, -0.1) is 0 Å². The normalized spacial score (nSPS) is 12.6. The van der Waals surface area contributed by atoms with Gasteiger partial charge in [0.05, 0.1) is 4.47 Å². The number of nitrogens with one attached hydrogen (secondary N) is 1. The molecule has 1 unspecified atom stereocenters. The lowest BCUT2D eigenvalue weighted by atomic mass is 10.1. The average molecular weight is 288 g/mol. The summed E-state index contributed by atoms with van der Waals surface area (Å²) in [7, 11) is 0. The predicted molar refractivity (Wildman–Crippen MR) is 65.9 cm³/mol. The van der Waals surface area contributed by atoms with E-state index in [1.807, 2.05) is 20.8 Å². The van der Waals surface area contributed by atoms with Crippen LogP contribution in [0.5, 0.6) is 0 Å². The van der Waals surface area contributed by atoms with Gasteiger partial charge >= 0.3 is 0 Å². The van der Waals surface area contributed by atoms with E-state index in [1.54, 1.807) is 6.07 Å². The highest BCUT2D eigenvalue weighted by molar-refractivity contribution is 9.10. The van der Waals surface area contributed by atoms with Gasteiger partial charge < -0.3 is 5.32 Å². The lowest BCUT2D eigenvalue weighted by Gasteiger charge is -2.17. The molecule has 1 aromatic rings. The van der Waals surface area contributed by atoms with Crippen molar-refractivity contribution in [2.75, 3.05) is 0 Å². The highest BCUT2D eigenvalue weighted by atomic mass is 79.9. The fourth-order valence-corrected chi connectivity index (χ4v) is 1.34. The molecule has 0 saturated carbocycles. The van der Waals surface area contributed by atoms with E-state index in [0.29, 0.717) is 16.0 Å². The largest absolute Gasteiger partial charge is 0.349 e. The van der Waals surface area contributed by atoms with Gasteiger partial charge in [0, 0.05) is 11.6 Å². The summed E-state index contributed by atoms with van der Waals surface area (Å²) < 4.78 is 13.6. The minimum atomic E-state index is -0.426. The van der Waals surface area contributed by atoms with Crippen molar-refractivity contribution in [3.8, 4) is 0 Å². The molecule has 16 heavy (non-hydrogen) atoms. The number of halogens is 2. The van der Waals surface area contributed by atoms with Crippen molar-refractivity contribution in [2.45, 2.75) is 26.8 Å². The molecule has 2 nitrogen and oxygen atoms in total. The molecule has 0 heterocycles. The maximum Gasteiger partial charge on any atom is 0.251 e. The SMILES string of the molecule is CC(C)C(C)NC(=O)c1ccc(Br)c(F)c1. The molecule has 0 aliphatic rings. The first kappa shape index (κ1) is 13.2. The Morgan fingerprint density at radius 3 is 2.50 bits per heavy atom. The lowest BCUT2D eigenvalue weighted by molar-refractivity contribution is 0.0930. The molecule has 1 N–H and O–H groups in total. The monoisotopic (exact) mass is 287 g/mol. The van der Waals surface area contributed by atoms with Crippen LogP contribution in [0.25, 0.3) is 0 Å². The van der Waals surface area contributed by atoms with E-state index in [4.69, 9.17) is 0 Å². The molecule has 0 spiro atoms. The van der Waals surface area contributed by atoms with Gasteiger partial charge in [-0.25, -0.2) is 4.39 Å². The second kappa shape index (κ2) is 5.43. The Bertz CT molecular complexity index is 393. The minimum Gasteiger partial charge on any atom is -0.349 e. The van der Waals surface area contributed by atoms with Crippen molar-refractivity contribution in [3.05, 3.63) is 34.1 Å². The standard InChI is InChI=1S/C12H15BrFNO/c1-7(2)8(3)15-12(16)9-4-5-10(13)11(14)6-9/h4-8H,1-3H3,(H,15,16). The van der Waals surface area contributed by atoms with Crippen molar-refractivity contribution in [3.63, 3.8) is 0 Å². The first-order chi connectivity index (χ1) is 7.41. The Hall–Kier alpha value is -0.900. The molecule has 0 bridgehead atoms. The quantitative estimate of drug-likeness (QED) is 0.907. The molecule has 0 fully saturated rings. The number of carbonyl (C=O) groups excluding carboxylic acids is 1. The number of carbonyl (C=O) groups is 1. The second-order valence-corrected chi connectivity index (χ2v) is 4.99. The van der Waals surface area contributed by atoms with Crippen LogP contribution in [-0.2, 0) is 0 Å². The van der Waals surface area contributed by atoms with Gasteiger partial charge in [0.15, 0.2) is 0 Å². The Morgan fingerprint density at radius 1 is 1.38 bits per heavy atom. The molecule has 1 aromatic carbocycles. The van der Waals surface area contributed by atoms with Crippen LogP contribution in [0.2, 0.25) is 0 Å². The highest BCUT2D eigenvalue weighted by Crippen LogP contribution is 2.16. The van der Waals surface area contributed by atoms with Gasteiger partial charge in [-0.3, -0.25) is 4.79 Å². The Kier molecular flexibility index (Phi) is 4.47. The summed E-state index contributed by atoms with van der Waals surface area (Å²) in [5.41, 5.74) is 0.341. The topological polar surface area (TPSA) is 29.1 Å². The van der Waals surface area contributed by atoms with Crippen molar-refractivity contribution >= 4 is 21.8 Å². The van der Waals surface area contributed by atoms with E-state index >= 15 is 0 Å². The third-order valence-electron chi connectivity index (χ3n) is 2.54. The van der Waals surface area contributed by atoms with Gasteiger partial charge in [-0.05, 0) is 47.0 Å². The molecular formula is C12H15BrFNO. The van der Waals surface area contributed by atoms with Gasteiger partial charge in [-0.1, -0.05) is 13.8 Å². The molecule has 0 saturated heterocycles. The van der Waals surface area contributed by atoms with Gasteiger partial charge in [0.2, 0.25) is 0 Å². The number of amides is 1. The molecule has 1 amide bonds. The fourth-order valence-electron chi connectivity index (χ4n) is 1.09. The number of rotatable bonds is 3. The van der Waals surface area contributed by atoms with Crippen LogP contribution < -0.4 is 5.32 Å². The van der Waals surface area contributed by atoms with Crippen LogP contribution in [-0.4, -0.2) is 11.9 Å². The molecule has 0 aromatic heterocycles. The Morgan fingerprint density at radius 2 is 2.00 bits per heavy atom. The molecule has 88 valence electrons. The summed E-state index contributed by atoms with van der Waals surface area (Å²) in [5.74, 6) is -0.318. The van der Waals surface area contributed by atoms with Crippen LogP contribution in [0, 0.1) is 11.7 Å². The third-order valence-corrected chi connectivity index (χ3v) is 3.18. The predicted octanol–water partition coefficient (Wildman–Crippen LogP) is 3.36. The Labute approximate surface area is 103 Å². The number of benzene rings is 1. The zero-order valence-electron chi connectivity index (χ0n) is 9.55. The first-order valence-electron chi connectivity index (χ1n) is 5.17. The number of hydrogen-bond acceptors (Lipinski definition) is 1. The molecule has 0 radical (unpaired) electrons. The van der Waals surface area contributed by atoms with Crippen molar-refractivity contribution < 1.29 is 9.18 Å². The summed E-state index contributed by atoms with van der Waals surface area (Å²) in [6.45, 7) is 5.97. The zero-order valence-corrected chi connectivity index (χ0v) is 11.1. The maximum atomic E-state index is 13.2. The zero-order chi connectivity index (χ0) is 12.3. The Balaban J connectivity index is 2.77. The molecular weight excluding hydrogens is 273 g/mol. The second-order valence-electron chi connectivity index (χ2n) is 4.14. The minimum absolute atomic E-state index is 0.0687. The van der Waals surface area contributed by atoms with Crippen LogP contribution in [0.3, 0.4) is 0 Å². The molecule has 1 atom stereocenters. The third kappa shape index (κ3) is 3.30. The lowest BCUT2D eigenvalue weighted by Crippen LogP contribution is -2.36. The summed E-state index contributed by atoms with van der Waals surface area (Å²) in [4.78, 5) is 11.7. The average Bonchev–Trinajstić information content (AvgIpc) is 2.21. The van der Waals surface area contributed by atoms with E-state index in [9.17, 15) is 9.18 Å². The van der Waals surface area contributed by atoms with Crippen LogP contribution in [0.1, 0.15) is 31.1 Å². The van der Waals surface area contributed by atoms with Crippen molar-refractivity contribution in [1.82, 2.24) is 5.32 Å². The van der Waals surface area contributed by atoms with E-state index < -0.39 is 5.82 Å². The smallest absolute Gasteiger partial charge is 0.251 e. The van der Waals surface area contributed by atoms with Crippen LogP contribution >= 0.6 is 15.9 Å². The maximum absolute atomic E-state index is 13.2. The van der Waals surface area contributed by atoms with E-state index in [-0.39, 0.29) is 11.9 Å². The van der Waals surface area contributed by atoms with Gasteiger partial charge in [-0.2, -0.15) is 0 Å². The summed E-state index contributed by atoms with van der Waals surface area (Å²) in [6.07, 6.45) is 0. The molecule has 0 aliphatic heterocycles. The number of hydrogen-bond donors (Lipinski definition) is 1. The van der Waals surface area contributed by atoms with Crippen molar-refractivity contribution in [1.29, 1.82) is 0 Å². The van der Waals surface area contributed by atoms with Crippen molar-refractivity contribution in [2.24, 2.45) is 5.92 Å².